The minimum Gasteiger partial charge on any atom is -0.436 e. The van der Waals surface area contributed by atoms with E-state index in [-0.39, 0.29) is 18.2 Å². The van der Waals surface area contributed by atoms with Crippen LogP contribution < -0.4 is 0 Å². The van der Waals surface area contributed by atoms with Gasteiger partial charge in [0.2, 0.25) is 6.29 Å². The number of carbonyl (C=O) groups excluding carboxylic acids is 1. The molecule has 3 heteroatoms. The van der Waals surface area contributed by atoms with Crippen LogP contribution in [0.25, 0.3) is 0 Å². The van der Waals surface area contributed by atoms with E-state index >= 15 is 0 Å². The van der Waals surface area contributed by atoms with E-state index in [0.29, 0.717) is 11.8 Å². The first kappa shape index (κ1) is 9.40. The van der Waals surface area contributed by atoms with Gasteiger partial charge in [-0.05, 0) is 31.1 Å². The number of hydrogen-bond acceptors (Lipinski definition) is 3. The van der Waals surface area contributed by atoms with E-state index in [1.165, 1.54) is 0 Å². The lowest BCUT2D eigenvalue weighted by atomic mass is 9.94. The van der Waals surface area contributed by atoms with Gasteiger partial charge in [0.1, 0.15) is 0 Å². The molecule has 15 heavy (non-hydrogen) atoms. The number of esters is 1. The summed E-state index contributed by atoms with van der Waals surface area (Å²) >= 11 is 0. The molecule has 0 aromatic carbocycles. The molecule has 0 N–H and O–H groups in total. The van der Waals surface area contributed by atoms with Gasteiger partial charge >= 0.3 is 5.97 Å². The van der Waals surface area contributed by atoms with Crippen LogP contribution in [0.4, 0.5) is 0 Å². The Labute approximate surface area is 89.4 Å². The van der Waals surface area contributed by atoms with Crippen molar-refractivity contribution in [3.05, 3.63) is 12.2 Å². The molecule has 3 aliphatic rings. The molecular weight excluding hydrogens is 192 g/mol. The predicted octanol–water partition coefficient (Wildman–Crippen LogP) is 1.88. The molecule has 1 saturated carbocycles. The average molecular weight is 208 g/mol. The Bertz CT molecular complexity index is 291. The Morgan fingerprint density at radius 3 is 2.87 bits per heavy atom. The van der Waals surface area contributed by atoms with Crippen LogP contribution in [0.15, 0.2) is 12.2 Å². The highest BCUT2D eigenvalue weighted by atomic mass is 16.7. The highest BCUT2D eigenvalue weighted by molar-refractivity contribution is 5.74. The fourth-order valence-corrected chi connectivity index (χ4v) is 2.91. The fourth-order valence-electron chi connectivity index (χ4n) is 2.91. The van der Waals surface area contributed by atoms with Gasteiger partial charge in [-0.1, -0.05) is 12.2 Å². The third-order valence-electron chi connectivity index (χ3n) is 3.72. The molecular formula is C12H16O3. The van der Waals surface area contributed by atoms with Crippen molar-refractivity contribution in [3.8, 4) is 0 Å². The smallest absolute Gasteiger partial charge is 0.311 e. The Balaban J connectivity index is 1.58. The first-order valence-electron chi connectivity index (χ1n) is 5.83. The molecule has 0 radical (unpaired) electrons. The Hall–Kier alpha value is -0.830. The molecule has 0 spiro atoms. The van der Waals surface area contributed by atoms with Crippen LogP contribution in [-0.2, 0) is 14.3 Å². The SMILES string of the molecule is O=C(O[C@H]1CCCO1)[C@@H]1C[C@H]2C=C[C@H]1C2. The van der Waals surface area contributed by atoms with E-state index in [1.807, 2.05) is 0 Å². The lowest BCUT2D eigenvalue weighted by molar-refractivity contribution is -0.175. The maximum absolute atomic E-state index is 11.9. The first-order chi connectivity index (χ1) is 7.33. The number of fused-ring (bicyclic) bond motifs is 2. The summed E-state index contributed by atoms with van der Waals surface area (Å²) < 4.78 is 10.7. The van der Waals surface area contributed by atoms with Gasteiger partial charge in [-0.15, -0.1) is 0 Å². The van der Waals surface area contributed by atoms with Crippen molar-refractivity contribution < 1.29 is 14.3 Å². The van der Waals surface area contributed by atoms with Gasteiger partial charge in [-0.2, -0.15) is 0 Å². The van der Waals surface area contributed by atoms with Gasteiger partial charge < -0.3 is 9.47 Å². The Morgan fingerprint density at radius 1 is 1.33 bits per heavy atom. The summed E-state index contributed by atoms with van der Waals surface area (Å²) in [6, 6.07) is 0. The van der Waals surface area contributed by atoms with Crippen molar-refractivity contribution in [1.82, 2.24) is 0 Å². The summed E-state index contributed by atoms with van der Waals surface area (Å²) in [5.41, 5.74) is 0. The van der Waals surface area contributed by atoms with Crippen LogP contribution in [0, 0.1) is 17.8 Å². The molecule has 0 aromatic heterocycles. The fraction of sp³-hybridized carbons (Fsp3) is 0.750. The number of hydrogen-bond donors (Lipinski definition) is 0. The number of rotatable bonds is 2. The maximum atomic E-state index is 11.9. The third kappa shape index (κ3) is 1.69. The quantitative estimate of drug-likeness (QED) is 0.513. The van der Waals surface area contributed by atoms with Crippen molar-refractivity contribution in [2.45, 2.75) is 32.0 Å². The van der Waals surface area contributed by atoms with Crippen molar-refractivity contribution in [2.75, 3.05) is 6.61 Å². The standard InChI is InChI=1S/C12H16O3/c13-12(15-11-2-1-5-14-11)10-7-8-3-4-9(10)6-8/h3-4,8-11H,1-2,5-7H2/t8-,9-,10+,11-/m0/s1. The molecule has 3 nitrogen and oxygen atoms in total. The van der Waals surface area contributed by atoms with E-state index in [0.717, 1.165) is 32.3 Å². The molecule has 82 valence electrons. The molecule has 2 bridgehead atoms. The molecule has 0 amide bonds. The minimum atomic E-state index is -0.263. The Kier molecular flexibility index (Phi) is 2.28. The zero-order valence-electron chi connectivity index (χ0n) is 8.72. The minimum absolute atomic E-state index is 0.0428. The molecule has 2 fully saturated rings. The highest BCUT2D eigenvalue weighted by Crippen LogP contribution is 2.44. The van der Waals surface area contributed by atoms with Gasteiger partial charge in [0.05, 0.1) is 12.5 Å². The van der Waals surface area contributed by atoms with Crippen LogP contribution in [0.3, 0.4) is 0 Å². The van der Waals surface area contributed by atoms with Crippen LogP contribution in [0.5, 0.6) is 0 Å². The van der Waals surface area contributed by atoms with E-state index in [9.17, 15) is 4.79 Å². The third-order valence-corrected chi connectivity index (χ3v) is 3.72. The Morgan fingerprint density at radius 2 is 2.27 bits per heavy atom. The topological polar surface area (TPSA) is 35.5 Å². The maximum Gasteiger partial charge on any atom is 0.311 e. The molecule has 1 aliphatic heterocycles. The van der Waals surface area contributed by atoms with Gasteiger partial charge in [0.15, 0.2) is 0 Å². The zero-order chi connectivity index (χ0) is 10.3. The second-order valence-corrected chi connectivity index (χ2v) is 4.77. The highest BCUT2D eigenvalue weighted by Gasteiger charge is 2.41. The van der Waals surface area contributed by atoms with E-state index in [4.69, 9.17) is 9.47 Å². The van der Waals surface area contributed by atoms with E-state index in [2.05, 4.69) is 12.2 Å². The first-order valence-corrected chi connectivity index (χ1v) is 5.83. The summed E-state index contributed by atoms with van der Waals surface area (Å²) in [7, 11) is 0. The van der Waals surface area contributed by atoms with Crippen molar-refractivity contribution in [3.63, 3.8) is 0 Å². The van der Waals surface area contributed by atoms with Crippen molar-refractivity contribution in [1.29, 1.82) is 0 Å². The molecule has 0 unspecified atom stereocenters. The number of carbonyl (C=O) groups is 1. The van der Waals surface area contributed by atoms with E-state index in [1.54, 1.807) is 0 Å². The van der Waals surface area contributed by atoms with Crippen LogP contribution in [0.2, 0.25) is 0 Å². The normalized spacial score (nSPS) is 42.4. The van der Waals surface area contributed by atoms with Gasteiger partial charge in [0.25, 0.3) is 0 Å². The second kappa shape index (κ2) is 3.63. The summed E-state index contributed by atoms with van der Waals surface area (Å²) in [5.74, 6) is 1.11. The van der Waals surface area contributed by atoms with Gasteiger partial charge in [-0.25, -0.2) is 0 Å². The van der Waals surface area contributed by atoms with E-state index < -0.39 is 0 Å². The summed E-state index contributed by atoms with van der Waals surface area (Å²) in [6.45, 7) is 0.731. The number of ether oxygens (including phenoxy) is 2. The summed E-state index contributed by atoms with van der Waals surface area (Å²) in [6.07, 6.45) is 8.14. The summed E-state index contributed by atoms with van der Waals surface area (Å²) in [4.78, 5) is 11.9. The van der Waals surface area contributed by atoms with Crippen LogP contribution >= 0.6 is 0 Å². The van der Waals surface area contributed by atoms with Crippen LogP contribution in [-0.4, -0.2) is 18.9 Å². The zero-order valence-corrected chi connectivity index (χ0v) is 8.72. The average Bonchev–Trinajstić information content (AvgIpc) is 2.93. The monoisotopic (exact) mass is 208 g/mol. The molecule has 1 heterocycles. The molecule has 4 atom stereocenters. The molecule has 1 saturated heterocycles. The summed E-state index contributed by atoms with van der Waals surface area (Å²) in [5, 5.41) is 0. The predicted molar refractivity (Wildman–Crippen MR) is 53.9 cm³/mol. The molecule has 0 aromatic rings. The van der Waals surface area contributed by atoms with Gasteiger partial charge in [-0.3, -0.25) is 4.79 Å². The molecule has 2 aliphatic carbocycles. The second-order valence-electron chi connectivity index (χ2n) is 4.77. The van der Waals surface area contributed by atoms with Crippen LogP contribution in [0.1, 0.15) is 25.7 Å². The lowest BCUT2D eigenvalue weighted by Crippen LogP contribution is -2.26. The lowest BCUT2D eigenvalue weighted by Gasteiger charge is -2.19. The van der Waals surface area contributed by atoms with Crippen molar-refractivity contribution >= 4 is 5.97 Å². The molecule has 3 rings (SSSR count). The number of allylic oxidation sites excluding steroid dienone is 2. The largest absolute Gasteiger partial charge is 0.436 e. The van der Waals surface area contributed by atoms with Gasteiger partial charge in [0, 0.05) is 6.42 Å². The van der Waals surface area contributed by atoms with Crippen molar-refractivity contribution in [2.24, 2.45) is 17.8 Å².